The van der Waals surface area contributed by atoms with E-state index in [4.69, 9.17) is 4.74 Å². The molecule has 3 aromatic heterocycles. The van der Waals surface area contributed by atoms with Gasteiger partial charge in [-0.25, -0.2) is 19.4 Å². The van der Waals surface area contributed by atoms with Gasteiger partial charge in [-0.3, -0.25) is 4.79 Å². The van der Waals surface area contributed by atoms with Crippen LogP contribution in [0.4, 0.5) is 5.13 Å². The van der Waals surface area contributed by atoms with E-state index in [0.717, 1.165) is 5.69 Å². The quantitative estimate of drug-likeness (QED) is 0.669. The summed E-state index contributed by atoms with van der Waals surface area (Å²) >= 11 is 1.28. The molecule has 0 fully saturated rings. The molecule has 0 atom stereocenters. The summed E-state index contributed by atoms with van der Waals surface area (Å²) in [6.45, 7) is 3.37. The second kappa shape index (κ2) is 7.87. The zero-order chi connectivity index (χ0) is 18.5. The number of hydrogen-bond acceptors (Lipinski definition) is 7. The number of rotatable bonds is 6. The van der Waals surface area contributed by atoms with Crippen molar-refractivity contribution in [3.63, 3.8) is 0 Å². The summed E-state index contributed by atoms with van der Waals surface area (Å²) in [5.41, 5.74) is 1.70. The van der Waals surface area contributed by atoms with Crippen molar-refractivity contribution >= 4 is 28.3 Å². The van der Waals surface area contributed by atoms with E-state index in [0.29, 0.717) is 28.6 Å². The number of aromatic nitrogens is 4. The lowest BCUT2D eigenvalue weighted by molar-refractivity contribution is -0.114. The molecule has 0 saturated heterocycles. The molecule has 9 heteroatoms. The van der Waals surface area contributed by atoms with Crippen molar-refractivity contribution in [2.75, 3.05) is 5.32 Å². The molecule has 3 aromatic rings. The molecule has 1 N–H and O–H groups in total. The van der Waals surface area contributed by atoms with E-state index < -0.39 is 5.97 Å². The van der Waals surface area contributed by atoms with Crippen molar-refractivity contribution in [1.82, 2.24) is 19.7 Å². The number of pyridine rings is 1. The van der Waals surface area contributed by atoms with Crippen LogP contribution >= 0.6 is 11.3 Å². The van der Waals surface area contributed by atoms with Crippen molar-refractivity contribution in [3.05, 3.63) is 52.9 Å². The molecule has 0 spiro atoms. The highest BCUT2D eigenvalue weighted by Gasteiger charge is 2.19. The van der Waals surface area contributed by atoms with E-state index in [1.165, 1.54) is 24.5 Å². The Labute approximate surface area is 153 Å². The maximum absolute atomic E-state index is 12.4. The third-order valence-corrected chi connectivity index (χ3v) is 4.28. The smallest absolute Gasteiger partial charge is 0.342 e. The number of hydrogen-bond donors (Lipinski definition) is 1. The van der Waals surface area contributed by atoms with E-state index in [-0.39, 0.29) is 12.5 Å². The first kappa shape index (κ1) is 17.7. The maximum Gasteiger partial charge on any atom is 0.342 e. The number of amides is 1. The minimum Gasteiger partial charge on any atom is -0.455 e. The van der Waals surface area contributed by atoms with E-state index in [9.17, 15) is 9.59 Å². The van der Waals surface area contributed by atoms with Crippen molar-refractivity contribution in [3.8, 4) is 5.82 Å². The second-order valence-electron chi connectivity index (χ2n) is 5.36. The predicted molar refractivity (Wildman–Crippen MR) is 96.3 cm³/mol. The number of anilines is 1. The Kier molecular flexibility index (Phi) is 5.37. The monoisotopic (exact) mass is 371 g/mol. The average molecular weight is 371 g/mol. The first-order chi connectivity index (χ1) is 12.6. The Bertz CT molecular complexity index is 920. The molecule has 0 aromatic carbocycles. The van der Waals surface area contributed by atoms with Gasteiger partial charge in [0.15, 0.2) is 10.9 Å². The first-order valence-corrected chi connectivity index (χ1v) is 8.84. The standard InChI is InChI=1S/C17H17N5O3S/c1-3-14-13(8-19-22(14)15-6-4-5-7-18-15)16(24)25-9-12-10-26-17(21-12)20-11(2)23/h4-8,10H,3,9H2,1-2H3,(H,20,21,23). The van der Waals surface area contributed by atoms with Crippen LogP contribution in [0.25, 0.3) is 5.82 Å². The Hall–Kier alpha value is -3.07. The van der Waals surface area contributed by atoms with E-state index in [1.54, 1.807) is 16.3 Å². The second-order valence-corrected chi connectivity index (χ2v) is 6.22. The van der Waals surface area contributed by atoms with Gasteiger partial charge in [0.2, 0.25) is 5.91 Å². The molecule has 0 radical (unpaired) electrons. The summed E-state index contributed by atoms with van der Waals surface area (Å²) in [5.74, 6) is -0.0293. The molecule has 8 nitrogen and oxygen atoms in total. The topological polar surface area (TPSA) is 99.0 Å². The molecule has 0 aliphatic rings. The van der Waals surface area contributed by atoms with Gasteiger partial charge in [-0.1, -0.05) is 13.0 Å². The Morgan fingerprint density at radius 2 is 2.19 bits per heavy atom. The Morgan fingerprint density at radius 3 is 2.88 bits per heavy atom. The highest BCUT2D eigenvalue weighted by atomic mass is 32.1. The molecule has 1 amide bonds. The van der Waals surface area contributed by atoms with Gasteiger partial charge in [0.05, 0.1) is 17.6 Å². The minimum absolute atomic E-state index is 0.0207. The number of carbonyl (C=O) groups excluding carboxylic acids is 2. The van der Waals surface area contributed by atoms with Crippen molar-refractivity contribution in [2.24, 2.45) is 0 Å². The third kappa shape index (κ3) is 3.94. The molecule has 3 rings (SSSR count). The van der Waals surface area contributed by atoms with Crippen LogP contribution in [0.5, 0.6) is 0 Å². The summed E-state index contributed by atoms with van der Waals surface area (Å²) in [6.07, 6.45) is 3.76. The van der Waals surface area contributed by atoms with Crippen molar-refractivity contribution < 1.29 is 14.3 Å². The summed E-state index contributed by atoms with van der Waals surface area (Å²) in [4.78, 5) is 31.9. The molecule has 134 valence electrons. The summed E-state index contributed by atoms with van der Waals surface area (Å²) in [6, 6.07) is 5.49. The Morgan fingerprint density at radius 1 is 1.35 bits per heavy atom. The van der Waals surface area contributed by atoms with Gasteiger partial charge in [0.25, 0.3) is 0 Å². The lowest BCUT2D eigenvalue weighted by atomic mass is 10.2. The fourth-order valence-electron chi connectivity index (χ4n) is 2.36. The van der Waals surface area contributed by atoms with Gasteiger partial charge < -0.3 is 10.1 Å². The van der Waals surface area contributed by atoms with Crippen molar-refractivity contribution in [1.29, 1.82) is 0 Å². The summed E-state index contributed by atoms with van der Waals surface area (Å²) in [5, 5.41) is 9.06. The molecular formula is C17H17N5O3S. The third-order valence-electron chi connectivity index (χ3n) is 3.48. The molecular weight excluding hydrogens is 354 g/mol. The molecule has 0 aliphatic heterocycles. The largest absolute Gasteiger partial charge is 0.455 e. The lowest BCUT2D eigenvalue weighted by Crippen LogP contribution is -2.10. The molecule has 0 unspecified atom stereocenters. The van der Waals surface area contributed by atoms with Crippen LogP contribution in [0.1, 0.15) is 35.6 Å². The van der Waals surface area contributed by atoms with Gasteiger partial charge in [-0.2, -0.15) is 5.10 Å². The summed E-state index contributed by atoms with van der Waals surface area (Å²) in [7, 11) is 0. The fourth-order valence-corrected chi connectivity index (χ4v) is 3.10. The number of nitrogens with zero attached hydrogens (tertiary/aromatic N) is 4. The lowest BCUT2D eigenvalue weighted by Gasteiger charge is -2.07. The zero-order valence-corrected chi connectivity index (χ0v) is 15.1. The normalized spacial score (nSPS) is 10.5. The van der Waals surface area contributed by atoms with Crippen LogP contribution in [0.2, 0.25) is 0 Å². The highest BCUT2D eigenvalue weighted by molar-refractivity contribution is 7.13. The molecule has 0 bridgehead atoms. The van der Waals surface area contributed by atoms with Crippen LogP contribution in [-0.2, 0) is 22.6 Å². The predicted octanol–water partition coefficient (Wildman–Crippen LogP) is 2.60. The van der Waals surface area contributed by atoms with E-state index >= 15 is 0 Å². The van der Waals surface area contributed by atoms with Crippen LogP contribution in [0, 0.1) is 0 Å². The molecule has 0 aliphatic carbocycles. The number of esters is 1. The van der Waals surface area contributed by atoms with Gasteiger partial charge in [0.1, 0.15) is 12.2 Å². The minimum atomic E-state index is -0.474. The average Bonchev–Trinajstić information content (AvgIpc) is 3.26. The van der Waals surface area contributed by atoms with Crippen LogP contribution in [0.15, 0.2) is 36.0 Å². The van der Waals surface area contributed by atoms with Gasteiger partial charge in [-0.15, -0.1) is 11.3 Å². The first-order valence-electron chi connectivity index (χ1n) is 7.96. The number of ether oxygens (including phenoxy) is 1. The van der Waals surface area contributed by atoms with Crippen LogP contribution in [0.3, 0.4) is 0 Å². The maximum atomic E-state index is 12.4. The molecule has 26 heavy (non-hydrogen) atoms. The van der Waals surface area contributed by atoms with E-state index in [2.05, 4.69) is 20.4 Å². The fraction of sp³-hybridized carbons (Fsp3) is 0.235. The zero-order valence-electron chi connectivity index (χ0n) is 14.3. The Balaban J connectivity index is 1.71. The number of thiazole rings is 1. The van der Waals surface area contributed by atoms with Crippen LogP contribution < -0.4 is 5.32 Å². The molecule has 3 heterocycles. The van der Waals surface area contributed by atoms with Gasteiger partial charge in [-0.05, 0) is 18.6 Å². The summed E-state index contributed by atoms with van der Waals surface area (Å²) < 4.78 is 6.98. The number of carbonyl (C=O) groups is 2. The van der Waals surface area contributed by atoms with Crippen molar-refractivity contribution in [2.45, 2.75) is 26.9 Å². The number of nitrogens with one attached hydrogen (secondary N) is 1. The SMILES string of the molecule is CCc1c(C(=O)OCc2csc(NC(C)=O)n2)cnn1-c1ccccn1. The van der Waals surface area contributed by atoms with Gasteiger partial charge in [0, 0.05) is 18.5 Å². The highest BCUT2D eigenvalue weighted by Crippen LogP contribution is 2.18. The van der Waals surface area contributed by atoms with Crippen LogP contribution in [-0.4, -0.2) is 31.6 Å². The molecule has 0 saturated carbocycles. The van der Waals surface area contributed by atoms with E-state index in [1.807, 2.05) is 25.1 Å². The van der Waals surface area contributed by atoms with Gasteiger partial charge >= 0.3 is 5.97 Å².